The van der Waals surface area contributed by atoms with Crippen molar-refractivity contribution < 1.29 is 17.1 Å². The topological polar surface area (TPSA) is 9.23 Å². The lowest BCUT2D eigenvalue weighted by Gasteiger charge is -2.05. The largest absolute Gasteiger partial charge is 1.00 e. The normalized spacial score (nSPS) is 10.4. The fourth-order valence-electron chi connectivity index (χ4n) is 3.55. The smallest absolute Gasteiger partial charge is 0.239 e. The summed E-state index contributed by atoms with van der Waals surface area (Å²) in [4.78, 5) is 2.56. The summed E-state index contributed by atoms with van der Waals surface area (Å²) in [5, 5.41) is 0. The summed E-state index contributed by atoms with van der Waals surface area (Å²) in [6.07, 6.45) is 2.12. The highest BCUT2D eigenvalue weighted by atomic mass is 35.5. The van der Waals surface area contributed by atoms with Gasteiger partial charge in [0.25, 0.3) is 0 Å². The second-order valence-corrected chi connectivity index (χ2v) is 8.49. The molecule has 0 atom stereocenters. The summed E-state index contributed by atoms with van der Waals surface area (Å²) in [6, 6.07) is 30.8. The number of rotatable bonds is 6. The van der Waals surface area contributed by atoms with Gasteiger partial charge in [-0.05, 0) is 71.5 Å². The van der Waals surface area contributed by atoms with Crippen LogP contribution in [0.2, 0.25) is 0 Å². The minimum Gasteiger partial charge on any atom is -1.00 e. The molecule has 3 heteroatoms. The van der Waals surface area contributed by atoms with Gasteiger partial charge in [0, 0.05) is 23.3 Å². The van der Waals surface area contributed by atoms with Crippen LogP contribution in [0, 0.1) is 0 Å². The highest BCUT2D eigenvalue weighted by Crippen LogP contribution is 2.38. The molecule has 0 fully saturated rings. The molecule has 1 heterocycles. The quantitative estimate of drug-likeness (QED) is 0.371. The zero-order valence-corrected chi connectivity index (χ0v) is 19.8. The van der Waals surface area contributed by atoms with Crippen LogP contribution in [-0.2, 0) is 12.8 Å². The fourth-order valence-corrected chi connectivity index (χ4v) is 4.66. The van der Waals surface area contributed by atoms with Crippen LogP contribution < -0.4 is 17.1 Å². The standard InChI is InChI=1S/C28H27OS.ClH/c1-4-20-6-10-23(11-7-20)27-18-25(22-14-16-26(29-3)17-15-22)19-28(30-27)24-12-8-21(5-2)9-13-24;/h6-19H,4-5H2,1-3H3;1H/q+1;/p-1. The summed E-state index contributed by atoms with van der Waals surface area (Å²) in [6.45, 7) is 4.39. The van der Waals surface area contributed by atoms with Crippen molar-refractivity contribution in [1.82, 2.24) is 0 Å². The minimum atomic E-state index is 0. The van der Waals surface area contributed by atoms with E-state index in [4.69, 9.17) is 4.74 Å². The summed E-state index contributed by atoms with van der Waals surface area (Å²) in [7, 11) is 1.70. The zero-order valence-electron chi connectivity index (χ0n) is 18.2. The van der Waals surface area contributed by atoms with E-state index in [1.54, 1.807) is 7.11 Å². The molecular weight excluding hydrogens is 420 g/mol. The van der Waals surface area contributed by atoms with Gasteiger partial charge in [-0.2, -0.15) is 0 Å². The first-order valence-electron chi connectivity index (χ1n) is 10.5. The van der Waals surface area contributed by atoms with Crippen LogP contribution in [0.1, 0.15) is 25.0 Å². The van der Waals surface area contributed by atoms with Crippen molar-refractivity contribution in [3.63, 3.8) is 0 Å². The van der Waals surface area contributed by atoms with Crippen LogP contribution in [-0.4, -0.2) is 7.11 Å². The Balaban J connectivity index is 0.00000272. The maximum Gasteiger partial charge on any atom is 0.239 e. The van der Waals surface area contributed by atoms with Gasteiger partial charge in [-0.1, -0.05) is 50.2 Å². The first-order valence-corrected chi connectivity index (χ1v) is 11.3. The molecule has 1 nitrogen and oxygen atoms in total. The second kappa shape index (κ2) is 10.6. The molecule has 0 aliphatic rings. The number of hydrogen-bond acceptors (Lipinski definition) is 1. The number of hydrogen-bond donors (Lipinski definition) is 0. The van der Waals surface area contributed by atoms with Crippen LogP contribution in [0.3, 0.4) is 0 Å². The molecule has 0 radical (unpaired) electrons. The maximum atomic E-state index is 5.34. The average Bonchev–Trinajstić information content (AvgIpc) is 2.84. The van der Waals surface area contributed by atoms with Crippen LogP contribution >= 0.6 is 11.3 Å². The maximum absolute atomic E-state index is 5.34. The molecule has 1 aromatic heterocycles. The van der Waals surface area contributed by atoms with E-state index in [0.29, 0.717) is 0 Å². The average molecular weight is 447 g/mol. The predicted octanol–water partition coefficient (Wildman–Crippen LogP) is 5.17. The van der Waals surface area contributed by atoms with E-state index in [-0.39, 0.29) is 12.4 Å². The lowest BCUT2D eigenvalue weighted by molar-refractivity contribution is -0.00000618. The number of methoxy groups -OCH3 is 1. The Morgan fingerprint density at radius 1 is 0.581 bits per heavy atom. The monoisotopic (exact) mass is 446 g/mol. The van der Waals surface area contributed by atoms with E-state index in [9.17, 15) is 0 Å². The molecule has 0 spiro atoms. The van der Waals surface area contributed by atoms with Crippen molar-refractivity contribution in [2.24, 2.45) is 0 Å². The van der Waals surface area contributed by atoms with Crippen LogP contribution in [0.5, 0.6) is 5.75 Å². The number of ether oxygens (including phenoxy) is 1. The van der Waals surface area contributed by atoms with E-state index < -0.39 is 0 Å². The van der Waals surface area contributed by atoms with Crippen LogP contribution in [0.15, 0.2) is 84.9 Å². The van der Waals surface area contributed by atoms with Crippen molar-refractivity contribution in [2.45, 2.75) is 26.7 Å². The Bertz CT molecular complexity index is 959. The lowest BCUT2D eigenvalue weighted by Crippen LogP contribution is -3.00. The van der Waals surface area contributed by atoms with Crippen LogP contribution in [0.4, 0.5) is 0 Å². The minimum absolute atomic E-state index is 0. The molecule has 4 aromatic rings. The molecule has 0 saturated heterocycles. The third-order valence-electron chi connectivity index (χ3n) is 5.51. The van der Waals surface area contributed by atoms with E-state index in [1.807, 2.05) is 23.5 Å². The first-order chi connectivity index (χ1) is 14.7. The van der Waals surface area contributed by atoms with Gasteiger partial charge in [0.1, 0.15) is 5.75 Å². The molecule has 0 aliphatic heterocycles. The third-order valence-corrected chi connectivity index (χ3v) is 6.66. The van der Waals surface area contributed by atoms with E-state index in [1.165, 1.54) is 43.1 Å². The number of aryl methyl sites for hydroxylation is 2. The Morgan fingerprint density at radius 2 is 1.00 bits per heavy atom. The Morgan fingerprint density at radius 3 is 1.39 bits per heavy atom. The van der Waals surface area contributed by atoms with Crippen molar-refractivity contribution >= 4 is 11.3 Å². The molecule has 0 aliphatic carbocycles. The van der Waals surface area contributed by atoms with Gasteiger partial charge in [0.15, 0.2) is 0 Å². The second-order valence-electron chi connectivity index (χ2n) is 7.40. The van der Waals surface area contributed by atoms with E-state index in [2.05, 4.69) is 86.6 Å². The number of halogens is 1. The van der Waals surface area contributed by atoms with Gasteiger partial charge < -0.3 is 17.1 Å². The van der Waals surface area contributed by atoms with Crippen molar-refractivity contribution in [1.29, 1.82) is 0 Å². The van der Waals surface area contributed by atoms with Gasteiger partial charge >= 0.3 is 0 Å². The summed E-state index contributed by atoms with van der Waals surface area (Å²) in [5.41, 5.74) is 7.68. The Kier molecular flexibility index (Phi) is 7.84. The third kappa shape index (κ3) is 5.33. The highest BCUT2D eigenvalue weighted by molar-refractivity contribution is 7.18. The molecule has 4 rings (SSSR count). The number of benzene rings is 3. The molecule has 31 heavy (non-hydrogen) atoms. The summed E-state index contributed by atoms with van der Waals surface area (Å²) >= 11 is 1.85. The van der Waals surface area contributed by atoms with Gasteiger partial charge in [-0.25, -0.2) is 0 Å². The molecule has 0 bridgehead atoms. The SMILES string of the molecule is CCc1ccc(-c2cc(-c3ccc(OC)cc3)cc(-c3ccc(CC)cc3)[s+]2)cc1.[Cl-]. The summed E-state index contributed by atoms with van der Waals surface area (Å²) < 4.78 is 5.34. The Hall–Kier alpha value is -2.68. The molecule has 3 aromatic carbocycles. The zero-order chi connectivity index (χ0) is 20.9. The molecule has 0 N–H and O–H groups in total. The van der Waals surface area contributed by atoms with E-state index >= 15 is 0 Å². The van der Waals surface area contributed by atoms with Crippen LogP contribution in [0.25, 0.3) is 32.0 Å². The fraction of sp³-hybridized carbons (Fsp3) is 0.179. The lowest BCUT2D eigenvalue weighted by atomic mass is 10.0. The van der Waals surface area contributed by atoms with Crippen molar-refractivity contribution in [2.75, 3.05) is 7.11 Å². The molecule has 158 valence electrons. The Labute approximate surface area is 195 Å². The van der Waals surface area contributed by atoms with Gasteiger partial charge in [0.2, 0.25) is 21.1 Å². The predicted molar refractivity (Wildman–Crippen MR) is 130 cm³/mol. The highest BCUT2D eigenvalue weighted by Gasteiger charge is 2.19. The van der Waals surface area contributed by atoms with Gasteiger partial charge in [-0.3, -0.25) is 0 Å². The van der Waals surface area contributed by atoms with E-state index in [0.717, 1.165) is 18.6 Å². The molecule has 0 saturated carbocycles. The van der Waals surface area contributed by atoms with Gasteiger partial charge in [-0.15, -0.1) is 0 Å². The molecular formula is C28H27ClOS. The van der Waals surface area contributed by atoms with Gasteiger partial charge in [0.05, 0.1) is 7.11 Å². The van der Waals surface area contributed by atoms with Crippen molar-refractivity contribution in [3.05, 3.63) is 96.1 Å². The molecule has 0 amide bonds. The summed E-state index contributed by atoms with van der Waals surface area (Å²) in [5.74, 6) is 0.878. The van der Waals surface area contributed by atoms with Crippen molar-refractivity contribution in [3.8, 4) is 37.8 Å². The first kappa shape index (κ1) is 23.0. The molecule has 0 unspecified atom stereocenters.